The van der Waals surface area contributed by atoms with Gasteiger partial charge in [-0.1, -0.05) is 29.4 Å². The van der Waals surface area contributed by atoms with Crippen molar-refractivity contribution in [3.05, 3.63) is 60.2 Å². The number of nitrogens with one attached hydrogen (secondary N) is 1. The highest BCUT2D eigenvalue weighted by atomic mass is 35.5. The van der Waals surface area contributed by atoms with Gasteiger partial charge >= 0.3 is 6.09 Å². The molecule has 3 N–H and O–H groups in total. The highest BCUT2D eigenvalue weighted by Crippen LogP contribution is 2.35. The molecule has 0 atom stereocenters. The Balaban J connectivity index is 1.64. The second-order valence-electron chi connectivity index (χ2n) is 7.92. The molecular weight excluding hydrogens is 422 g/mol. The molecule has 158 valence electrons. The van der Waals surface area contributed by atoms with Crippen molar-refractivity contribution >= 4 is 41.0 Å². The van der Waals surface area contributed by atoms with Gasteiger partial charge in [0.2, 0.25) is 0 Å². The fourth-order valence-corrected chi connectivity index (χ4v) is 3.58. The molecule has 1 aromatic heterocycles. The standard InChI is InChI=1S/C21H24ClN5O2S/c1-20(2,3)29-19(28)26-21(4)8-10-27(11-9-21)16-12-25-17(13-24-16)30-15-7-5-6-14(23)18(15)22/h5-13H,23H2,1-4H3,(H,26,28). The molecule has 3 rings (SSSR count). The van der Waals surface area contributed by atoms with Crippen LogP contribution in [0, 0.1) is 0 Å². The summed E-state index contributed by atoms with van der Waals surface area (Å²) in [5.74, 6) is 0.643. The van der Waals surface area contributed by atoms with Crippen LogP contribution in [-0.2, 0) is 4.74 Å². The second kappa shape index (κ2) is 8.57. The van der Waals surface area contributed by atoms with Crippen LogP contribution in [0.25, 0.3) is 0 Å². The third kappa shape index (κ3) is 5.67. The van der Waals surface area contributed by atoms with Crippen LogP contribution >= 0.6 is 23.4 Å². The van der Waals surface area contributed by atoms with Crippen LogP contribution in [0.1, 0.15) is 27.7 Å². The van der Waals surface area contributed by atoms with Crippen LogP contribution in [0.4, 0.5) is 16.3 Å². The molecule has 0 radical (unpaired) electrons. The second-order valence-corrected chi connectivity index (χ2v) is 9.36. The molecule has 0 bridgehead atoms. The molecule has 0 aliphatic carbocycles. The van der Waals surface area contributed by atoms with Gasteiger partial charge in [-0.25, -0.2) is 14.8 Å². The van der Waals surface area contributed by atoms with Crippen molar-refractivity contribution in [1.82, 2.24) is 15.3 Å². The molecule has 1 aliphatic rings. The Hall–Kier alpha value is -2.71. The molecule has 0 saturated heterocycles. The van der Waals surface area contributed by atoms with Gasteiger partial charge in [0, 0.05) is 17.3 Å². The maximum absolute atomic E-state index is 12.1. The molecule has 9 heteroatoms. The van der Waals surface area contributed by atoms with Crippen LogP contribution in [0.15, 0.2) is 65.1 Å². The number of amides is 1. The average molecular weight is 446 g/mol. The Kier molecular flexibility index (Phi) is 6.28. The zero-order chi connectivity index (χ0) is 21.9. The van der Waals surface area contributed by atoms with Crippen LogP contribution in [0.5, 0.6) is 0 Å². The van der Waals surface area contributed by atoms with Gasteiger partial charge in [-0.15, -0.1) is 0 Å². The third-order valence-electron chi connectivity index (χ3n) is 4.02. The average Bonchev–Trinajstić information content (AvgIpc) is 2.65. The van der Waals surface area contributed by atoms with E-state index < -0.39 is 17.2 Å². The lowest BCUT2D eigenvalue weighted by Gasteiger charge is -2.30. The summed E-state index contributed by atoms with van der Waals surface area (Å²) in [6.45, 7) is 7.35. The molecule has 0 saturated carbocycles. The first-order chi connectivity index (χ1) is 14.0. The first-order valence-corrected chi connectivity index (χ1v) is 10.5. The molecule has 2 aromatic rings. The van der Waals surface area contributed by atoms with E-state index in [1.54, 1.807) is 18.5 Å². The minimum Gasteiger partial charge on any atom is -0.444 e. The van der Waals surface area contributed by atoms with Gasteiger partial charge in [-0.3, -0.25) is 0 Å². The van der Waals surface area contributed by atoms with Crippen LogP contribution in [0.2, 0.25) is 5.02 Å². The first kappa shape index (κ1) is 22.0. The lowest BCUT2D eigenvalue weighted by molar-refractivity contribution is 0.0499. The number of rotatable bonds is 4. The smallest absolute Gasteiger partial charge is 0.408 e. The molecule has 1 amide bonds. The Bertz CT molecular complexity index is 972. The van der Waals surface area contributed by atoms with Gasteiger partial charge in [0.05, 0.1) is 28.6 Å². The number of nitrogen functional groups attached to an aromatic ring is 1. The number of ether oxygens (including phenoxy) is 1. The number of benzene rings is 1. The van der Waals surface area contributed by atoms with Crippen molar-refractivity contribution in [3.8, 4) is 0 Å². The molecule has 0 fully saturated rings. The number of carbonyl (C=O) groups is 1. The molecule has 1 aromatic carbocycles. The zero-order valence-corrected chi connectivity index (χ0v) is 18.8. The lowest BCUT2D eigenvalue weighted by atomic mass is 10.0. The number of alkyl carbamates (subject to hydrolysis) is 1. The van der Waals surface area contributed by atoms with E-state index in [1.807, 2.05) is 69.3 Å². The molecule has 30 heavy (non-hydrogen) atoms. The predicted molar refractivity (Wildman–Crippen MR) is 121 cm³/mol. The summed E-state index contributed by atoms with van der Waals surface area (Å²) in [5, 5.41) is 4.05. The summed E-state index contributed by atoms with van der Waals surface area (Å²) in [5.41, 5.74) is 5.15. The van der Waals surface area contributed by atoms with Crippen molar-refractivity contribution < 1.29 is 9.53 Å². The Labute approximate surface area is 185 Å². The minimum absolute atomic E-state index is 0.478. The normalized spacial score (nSPS) is 15.2. The van der Waals surface area contributed by atoms with Crippen LogP contribution in [-0.4, -0.2) is 27.2 Å². The lowest BCUT2D eigenvalue weighted by Crippen LogP contribution is -2.46. The SMILES string of the molecule is CC1(NC(=O)OC(C)(C)C)C=CN(c2cnc(Sc3cccc(N)c3Cl)cn2)C=C1. The number of anilines is 2. The quantitative estimate of drug-likeness (QED) is 0.640. The van der Waals surface area contributed by atoms with Crippen molar-refractivity contribution in [2.75, 3.05) is 10.6 Å². The number of carbonyl (C=O) groups excluding carboxylic acids is 1. The predicted octanol–water partition coefficient (Wildman–Crippen LogP) is 4.99. The topological polar surface area (TPSA) is 93.4 Å². The molecule has 1 aliphatic heterocycles. The van der Waals surface area contributed by atoms with Crippen molar-refractivity contribution in [1.29, 1.82) is 0 Å². The monoisotopic (exact) mass is 445 g/mol. The fourth-order valence-electron chi connectivity index (χ4n) is 2.55. The first-order valence-electron chi connectivity index (χ1n) is 9.27. The van der Waals surface area contributed by atoms with Crippen LogP contribution < -0.4 is 16.0 Å². The van der Waals surface area contributed by atoms with E-state index in [1.165, 1.54) is 11.8 Å². The van der Waals surface area contributed by atoms with E-state index in [0.717, 1.165) is 4.90 Å². The van der Waals surface area contributed by atoms with Gasteiger partial charge in [-0.2, -0.15) is 0 Å². The summed E-state index contributed by atoms with van der Waals surface area (Å²) in [4.78, 5) is 23.6. The summed E-state index contributed by atoms with van der Waals surface area (Å²) in [6, 6.07) is 5.48. The van der Waals surface area contributed by atoms with Crippen molar-refractivity contribution in [3.63, 3.8) is 0 Å². The largest absolute Gasteiger partial charge is 0.444 e. The number of hydrogen-bond donors (Lipinski definition) is 2. The number of nitrogens with zero attached hydrogens (tertiary/aromatic N) is 3. The maximum atomic E-state index is 12.1. The third-order valence-corrected chi connectivity index (χ3v) is 5.53. The highest BCUT2D eigenvalue weighted by molar-refractivity contribution is 7.99. The van der Waals surface area contributed by atoms with Crippen molar-refractivity contribution in [2.45, 2.75) is 48.8 Å². The highest BCUT2D eigenvalue weighted by Gasteiger charge is 2.26. The number of hydrogen-bond acceptors (Lipinski definition) is 7. The summed E-state index contributed by atoms with van der Waals surface area (Å²) in [6.07, 6.45) is 10.2. The molecule has 0 spiro atoms. The van der Waals surface area contributed by atoms with Gasteiger partial charge in [-0.05, 0) is 52.0 Å². The Morgan fingerprint density at radius 1 is 1.23 bits per heavy atom. The van der Waals surface area contributed by atoms with Crippen LogP contribution in [0.3, 0.4) is 0 Å². The zero-order valence-electron chi connectivity index (χ0n) is 17.2. The minimum atomic E-state index is -0.661. The summed E-state index contributed by atoms with van der Waals surface area (Å²) >= 11 is 7.63. The van der Waals surface area contributed by atoms with Crippen molar-refractivity contribution in [2.24, 2.45) is 0 Å². The van der Waals surface area contributed by atoms with Gasteiger partial charge in [0.1, 0.15) is 10.6 Å². The maximum Gasteiger partial charge on any atom is 0.408 e. The molecular formula is C21H24ClN5O2S. The Morgan fingerprint density at radius 3 is 2.53 bits per heavy atom. The fraction of sp³-hybridized carbons (Fsp3) is 0.286. The van der Waals surface area contributed by atoms with Gasteiger partial charge in [0.25, 0.3) is 0 Å². The molecule has 2 heterocycles. The molecule has 0 unspecified atom stereocenters. The summed E-state index contributed by atoms with van der Waals surface area (Å²) < 4.78 is 5.32. The van der Waals surface area contributed by atoms with E-state index in [9.17, 15) is 4.79 Å². The molecule has 7 nitrogen and oxygen atoms in total. The van der Waals surface area contributed by atoms with E-state index >= 15 is 0 Å². The summed E-state index contributed by atoms with van der Waals surface area (Å²) in [7, 11) is 0. The van der Waals surface area contributed by atoms with E-state index in [0.29, 0.717) is 21.6 Å². The van der Waals surface area contributed by atoms with E-state index in [2.05, 4.69) is 15.3 Å². The number of aromatic nitrogens is 2. The van der Waals surface area contributed by atoms with E-state index in [-0.39, 0.29) is 0 Å². The van der Waals surface area contributed by atoms with E-state index in [4.69, 9.17) is 22.1 Å². The number of nitrogens with two attached hydrogens (primary N) is 1. The van der Waals surface area contributed by atoms with Gasteiger partial charge in [0.15, 0.2) is 5.82 Å². The van der Waals surface area contributed by atoms with Gasteiger partial charge < -0.3 is 20.7 Å². The Morgan fingerprint density at radius 2 is 1.93 bits per heavy atom. The number of halogens is 1.